The van der Waals surface area contributed by atoms with E-state index < -0.39 is 0 Å². The average Bonchev–Trinajstić information content (AvgIpc) is 3.00. The van der Waals surface area contributed by atoms with E-state index in [1.807, 2.05) is 25.1 Å². The molecule has 0 spiro atoms. The quantitative estimate of drug-likeness (QED) is 0.528. The number of ether oxygens (including phenoxy) is 1. The van der Waals surface area contributed by atoms with E-state index in [0.29, 0.717) is 11.4 Å². The molecular weight excluding hydrogens is 383 g/mol. The van der Waals surface area contributed by atoms with Gasteiger partial charge in [-0.15, -0.1) is 11.8 Å². The van der Waals surface area contributed by atoms with Crippen molar-refractivity contribution in [3.05, 3.63) is 53.1 Å². The highest BCUT2D eigenvalue weighted by Gasteiger charge is 2.12. The molecule has 0 radical (unpaired) electrons. The molecule has 0 saturated carbocycles. The van der Waals surface area contributed by atoms with Crippen LogP contribution in [0.2, 0.25) is 0 Å². The molecule has 1 amide bonds. The minimum atomic E-state index is -0.286. The molecule has 1 aromatic heterocycles. The lowest BCUT2D eigenvalue weighted by Gasteiger charge is -2.08. The number of halogens is 1. The number of aromatic nitrogens is 1. The number of hydrogen-bond acceptors (Lipinski definition) is 4. The van der Waals surface area contributed by atoms with Gasteiger partial charge < -0.3 is 9.30 Å². The second-order valence-corrected chi connectivity index (χ2v) is 7.88. The third kappa shape index (κ3) is 4.78. The highest BCUT2D eigenvalue weighted by molar-refractivity contribution is 8.00. The number of fused-ring (bicyclic) bond motifs is 1. The number of rotatable bonds is 7. The van der Waals surface area contributed by atoms with Crippen molar-refractivity contribution in [2.75, 3.05) is 12.4 Å². The molecule has 0 saturated heterocycles. The van der Waals surface area contributed by atoms with Gasteiger partial charge in [-0.25, -0.2) is 4.39 Å². The fraction of sp³-hybridized carbons (Fsp3) is 0.300. The minimum Gasteiger partial charge on any atom is -0.492 e. The Hall–Kier alpha value is -2.12. The van der Waals surface area contributed by atoms with Gasteiger partial charge in [-0.1, -0.05) is 24.3 Å². The summed E-state index contributed by atoms with van der Waals surface area (Å²) in [6, 6.07) is 12.0. The number of benzene rings is 2. The van der Waals surface area contributed by atoms with Gasteiger partial charge in [0.1, 0.15) is 17.1 Å². The van der Waals surface area contributed by atoms with E-state index >= 15 is 0 Å². The molecule has 4 nitrogen and oxygen atoms in total. The van der Waals surface area contributed by atoms with Crippen LogP contribution >= 0.6 is 23.1 Å². The first-order chi connectivity index (χ1) is 13.1. The van der Waals surface area contributed by atoms with Crippen LogP contribution in [0, 0.1) is 5.82 Å². The van der Waals surface area contributed by atoms with Crippen LogP contribution in [0.25, 0.3) is 10.2 Å². The molecule has 0 unspecified atom stereocenters. The number of thiazole rings is 1. The molecule has 3 rings (SSSR count). The van der Waals surface area contributed by atoms with Crippen molar-refractivity contribution >= 4 is 39.2 Å². The van der Waals surface area contributed by atoms with Crippen LogP contribution in [0.3, 0.4) is 0 Å². The zero-order valence-electron chi connectivity index (χ0n) is 15.3. The first-order valence-electron chi connectivity index (χ1n) is 8.83. The molecule has 1 heterocycles. The highest BCUT2D eigenvalue weighted by atomic mass is 32.2. The van der Waals surface area contributed by atoms with Gasteiger partial charge in [0, 0.05) is 11.4 Å². The standard InChI is InChI=1S/C20H21FN2O2S2/c1-3-12-23-19-16(25-4-2)6-5-7-17(19)27-20(23)22-18(24)13-26-15-10-8-14(21)9-11-15/h5-11H,3-4,12-13H2,1-2H3. The number of amides is 1. The Bertz CT molecular complexity index is 993. The minimum absolute atomic E-state index is 0.210. The van der Waals surface area contributed by atoms with Gasteiger partial charge in [0.15, 0.2) is 4.80 Å². The maximum atomic E-state index is 13.0. The van der Waals surface area contributed by atoms with E-state index in [9.17, 15) is 9.18 Å². The highest BCUT2D eigenvalue weighted by Crippen LogP contribution is 2.28. The molecular formula is C20H21FN2O2S2. The molecule has 0 aliphatic heterocycles. The van der Waals surface area contributed by atoms with Gasteiger partial charge in [0.25, 0.3) is 5.91 Å². The maximum Gasteiger partial charge on any atom is 0.258 e. The van der Waals surface area contributed by atoms with Crippen LogP contribution in [0.5, 0.6) is 5.75 Å². The summed E-state index contributed by atoms with van der Waals surface area (Å²) in [6.07, 6.45) is 0.929. The lowest BCUT2D eigenvalue weighted by Crippen LogP contribution is -2.17. The summed E-state index contributed by atoms with van der Waals surface area (Å²) < 4.78 is 21.8. The van der Waals surface area contributed by atoms with Crippen LogP contribution in [0.1, 0.15) is 20.3 Å². The Balaban J connectivity index is 1.89. The number of para-hydroxylation sites is 1. The SMILES string of the molecule is CCCn1c(=NC(=O)CSc2ccc(F)cc2)sc2cccc(OCC)c21. The van der Waals surface area contributed by atoms with Crippen molar-refractivity contribution in [1.82, 2.24) is 4.57 Å². The number of nitrogens with zero attached hydrogens (tertiary/aromatic N) is 2. The van der Waals surface area contributed by atoms with Crippen LogP contribution in [-0.4, -0.2) is 22.8 Å². The topological polar surface area (TPSA) is 43.6 Å². The molecule has 27 heavy (non-hydrogen) atoms. The third-order valence-corrected chi connectivity index (χ3v) is 5.85. The lowest BCUT2D eigenvalue weighted by atomic mass is 10.3. The molecule has 0 N–H and O–H groups in total. The Morgan fingerprint density at radius 3 is 2.70 bits per heavy atom. The Labute approximate surface area is 165 Å². The summed E-state index contributed by atoms with van der Waals surface area (Å²) in [6.45, 7) is 5.40. The van der Waals surface area contributed by atoms with E-state index in [1.165, 1.54) is 35.2 Å². The second-order valence-electron chi connectivity index (χ2n) is 5.82. The molecule has 0 atom stereocenters. The van der Waals surface area contributed by atoms with Gasteiger partial charge in [0.2, 0.25) is 0 Å². The zero-order chi connectivity index (χ0) is 19.2. The fourth-order valence-electron chi connectivity index (χ4n) is 2.70. The van der Waals surface area contributed by atoms with E-state index in [1.54, 1.807) is 12.1 Å². The largest absolute Gasteiger partial charge is 0.492 e. The summed E-state index contributed by atoms with van der Waals surface area (Å²) in [7, 11) is 0. The first kappa shape index (κ1) is 19.6. The molecule has 0 aliphatic rings. The number of thioether (sulfide) groups is 1. The summed E-state index contributed by atoms with van der Waals surface area (Å²) in [4.78, 5) is 18.3. The maximum absolute atomic E-state index is 13.0. The van der Waals surface area contributed by atoms with Crippen molar-refractivity contribution in [1.29, 1.82) is 0 Å². The smallest absolute Gasteiger partial charge is 0.258 e. The summed E-state index contributed by atoms with van der Waals surface area (Å²) >= 11 is 2.85. The monoisotopic (exact) mass is 404 g/mol. The van der Waals surface area contributed by atoms with Crippen LogP contribution < -0.4 is 9.54 Å². The van der Waals surface area contributed by atoms with Crippen LogP contribution in [0.15, 0.2) is 52.4 Å². The Morgan fingerprint density at radius 2 is 2.00 bits per heavy atom. The van der Waals surface area contributed by atoms with Gasteiger partial charge >= 0.3 is 0 Å². The van der Waals surface area contributed by atoms with Crippen molar-refractivity contribution in [3.8, 4) is 5.75 Å². The molecule has 142 valence electrons. The molecule has 0 aliphatic carbocycles. The van der Waals surface area contributed by atoms with Gasteiger partial charge in [-0.05, 0) is 49.7 Å². The van der Waals surface area contributed by atoms with Crippen molar-refractivity contribution < 1.29 is 13.9 Å². The number of carbonyl (C=O) groups is 1. The molecule has 7 heteroatoms. The summed E-state index contributed by atoms with van der Waals surface area (Å²) in [5.74, 6) is 0.531. The normalized spacial score (nSPS) is 11.9. The van der Waals surface area contributed by atoms with Crippen molar-refractivity contribution in [2.45, 2.75) is 31.7 Å². The number of carbonyl (C=O) groups excluding carboxylic acids is 1. The predicted molar refractivity (Wildman–Crippen MR) is 109 cm³/mol. The molecule has 3 aromatic rings. The first-order valence-corrected chi connectivity index (χ1v) is 10.6. The number of aryl methyl sites for hydroxylation is 1. The fourth-order valence-corrected chi connectivity index (χ4v) is 4.47. The summed E-state index contributed by atoms with van der Waals surface area (Å²) in [5.41, 5.74) is 0.990. The molecule has 2 aromatic carbocycles. The number of hydrogen-bond donors (Lipinski definition) is 0. The van der Waals surface area contributed by atoms with Crippen LogP contribution in [0.4, 0.5) is 4.39 Å². The van der Waals surface area contributed by atoms with E-state index in [0.717, 1.165) is 33.8 Å². The predicted octanol–water partition coefficient (Wildman–Crippen LogP) is 4.87. The van der Waals surface area contributed by atoms with Crippen molar-refractivity contribution in [2.24, 2.45) is 4.99 Å². The van der Waals surface area contributed by atoms with Crippen LogP contribution in [-0.2, 0) is 11.3 Å². The zero-order valence-corrected chi connectivity index (χ0v) is 16.9. The molecule has 0 fully saturated rings. The second kappa shape index (κ2) is 9.19. The van der Waals surface area contributed by atoms with Gasteiger partial charge in [-0.2, -0.15) is 4.99 Å². The third-order valence-electron chi connectivity index (χ3n) is 3.81. The summed E-state index contributed by atoms with van der Waals surface area (Å²) in [5, 5.41) is 0. The average molecular weight is 405 g/mol. The Kier molecular flexibility index (Phi) is 6.68. The lowest BCUT2D eigenvalue weighted by molar-refractivity contribution is -0.115. The van der Waals surface area contributed by atoms with E-state index in [-0.39, 0.29) is 17.5 Å². The molecule has 0 bridgehead atoms. The Morgan fingerprint density at radius 1 is 1.22 bits per heavy atom. The van der Waals surface area contributed by atoms with E-state index in [4.69, 9.17) is 4.74 Å². The van der Waals surface area contributed by atoms with Crippen molar-refractivity contribution in [3.63, 3.8) is 0 Å². The van der Waals surface area contributed by atoms with Gasteiger partial charge in [0.05, 0.1) is 17.1 Å². The van der Waals surface area contributed by atoms with Gasteiger partial charge in [-0.3, -0.25) is 4.79 Å². The van der Waals surface area contributed by atoms with E-state index in [2.05, 4.69) is 16.5 Å².